The van der Waals surface area contributed by atoms with Crippen molar-refractivity contribution in [3.8, 4) is 28.5 Å². The summed E-state index contributed by atoms with van der Waals surface area (Å²) in [7, 11) is 4.85. The number of aromatic nitrogens is 1. The Labute approximate surface area is 168 Å². The third-order valence-corrected chi connectivity index (χ3v) is 5.01. The van der Waals surface area contributed by atoms with E-state index in [1.807, 2.05) is 48.7 Å². The highest BCUT2D eigenvalue weighted by Crippen LogP contribution is 2.35. The number of carbonyl (C=O) groups excluding carboxylic acids is 1. The number of nitrogens with one attached hydrogen (secondary N) is 1. The third-order valence-electron chi connectivity index (χ3n) is 4.26. The van der Waals surface area contributed by atoms with Gasteiger partial charge in [0.05, 0.1) is 33.4 Å². The molecule has 0 unspecified atom stereocenters. The van der Waals surface area contributed by atoms with Crippen molar-refractivity contribution in [1.29, 1.82) is 0 Å². The molecule has 0 saturated heterocycles. The normalized spacial score (nSPS) is 10.4. The van der Waals surface area contributed by atoms with Crippen molar-refractivity contribution >= 4 is 22.4 Å². The highest BCUT2D eigenvalue weighted by Gasteiger charge is 2.13. The van der Waals surface area contributed by atoms with Gasteiger partial charge in [-0.2, -0.15) is 0 Å². The SMILES string of the molecule is COc1ccc(OC)c(-c2csc(NC(=O)Cc3ccc(OC)c(C)c3)n2)c1. The first kappa shape index (κ1) is 19.7. The number of benzene rings is 2. The summed E-state index contributed by atoms with van der Waals surface area (Å²) in [6, 6.07) is 11.2. The van der Waals surface area contributed by atoms with E-state index in [0.717, 1.165) is 28.1 Å². The van der Waals surface area contributed by atoms with Crippen LogP contribution in [0.4, 0.5) is 5.13 Å². The Morgan fingerprint density at radius 1 is 1.04 bits per heavy atom. The monoisotopic (exact) mass is 398 g/mol. The van der Waals surface area contributed by atoms with Crippen molar-refractivity contribution in [3.05, 3.63) is 52.9 Å². The van der Waals surface area contributed by atoms with Crippen LogP contribution in [0.3, 0.4) is 0 Å². The number of ether oxygens (including phenoxy) is 3. The first-order valence-electron chi connectivity index (χ1n) is 8.65. The second kappa shape index (κ2) is 8.75. The van der Waals surface area contributed by atoms with E-state index in [-0.39, 0.29) is 12.3 Å². The van der Waals surface area contributed by atoms with Gasteiger partial charge in [-0.1, -0.05) is 12.1 Å². The molecule has 0 atom stereocenters. The van der Waals surface area contributed by atoms with Gasteiger partial charge < -0.3 is 19.5 Å². The van der Waals surface area contributed by atoms with Crippen molar-refractivity contribution in [1.82, 2.24) is 4.98 Å². The van der Waals surface area contributed by atoms with Crippen LogP contribution < -0.4 is 19.5 Å². The zero-order chi connectivity index (χ0) is 20.1. The molecule has 0 radical (unpaired) electrons. The second-order valence-electron chi connectivity index (χ2n) is 6.13. The molecule has 0 saturated carbocycles. The highest BCUT2D eigenvalue weighted by atomic mass is 32.1. The van der Waals surface area contributed by atoms with Crippen LogP contribution in [0.2, 0.25) is 0 Å². The number of rotatable bonds is 7. The first-order valence-corrected chi connectivity index (χ1v) is 9.53. The van der Waals surface area contributed by atoms with Crippen molar-refractivity contribution < 1.29 is 19.0 Å². The first-order chi connectivity index (χ1) is 13.5. The van der Waals surface area contributed by atoms with E-state index in [1.165, 1.54) is 11.3 Å². The summed E-state index contributed by atoms with van der Waals surface area (Å²) in [5.74, 6) is 2.09. The van der Waals surface area contributed by atoms with Gasteiger partial charge in [-0.05, 0) is 42.3 Å². The molecule has 0 fully saturated rings. The molecule has 28 heavy (non-hydrogen) atoms. The Morgan fingerprint density at radius 3 is 2.46 bits per heavy atom. The third kappa shape index (κ3) is 4.43. The molecule has 3 aromatic rings. The molecule has 0 aliphatic carbocycles. The van der Waals surface area contributed by atoms with Gasteiger partial charge in [0, 0.05) is 10.9 Å². The van der Waals surface area contributed by atoms with Crippen LogP contribution in [0.25, 0.3) is 11.3 Å². The lowest BCUT2D eigenvalue weighted by Crippen LogP contribution is -2.14. The van der Waals surface area contributed by atoms with Gasteiger partial charge in [0.25, 0.3) is 0 Å². The summed E-state index contributed by atoms with van der Waals surface area (Å²) in [5.41, 5.74) is 3.44. The maximum Gasteiger partial charge on any atom is 0.230 e. The van der Waals surface area contributed by atoms with Gasteiger partial charge in [0.2, 0.25) is 5.91 Å². The highest BCUT2D eigenvalue weighted by molar-refractivity contribution is 7.14. The van der Waals surface area contributed by atoms with Gasteiger partial charge >= 0.3 is 0 Å². The lowest BCUT2D eigenvalue weighted by atomic mass is 10.1. The molecular formula is C21H22N2O4S. The summed E-state index contributed by atoms with van der Waals surface area (Å²) in [6.07, 6.45) is 0.266. The Balaban J connectivity index is 1.72. The molecule has 3 rings (SSSR count). The number of aryl methyl sites for hydroxylation is 1. The Kier molecular flexibility index (Phi) is 6.16. The molecule has 0 aliphatic heterocycles. The lowest BCUT2D eigenvalue weighted by Gasteiger charge is -2.08. The number of hydrogen-bond donors (Lipinski definition) is 1. The minimum atomic E-state index is -0.122. The number of hydrogen-bond acceptors (Lipinski definition) is 6. The smallest absolute Gasteiger partial charge is 0.230 e. The lowest BCUT2D eigenvalue weighted by molar-refractivity contribution is -0.115. The standard InChI is InChI=1S/C21H22N2O4S/c1-13-9-14(5-7-18(13)26-3)10-20(24)23-21-22-17(12-28-21)16-11-15(25-2)6-8-19(16)27-4/h5-9,11-12H,10H2,1-4H3,(H,22,23,24). The van der Waals surface area contributed by atoms with E-state index in [0.29, 0.717) is 16.6 Å². The van der Waals surface area contributed by atoms with Gasteiger partial charge in [-0.25, -0.2) is 4.98 Å². The molecule has 6 nitrogen and oxygen atoms in total. The summed E-state index contributed by atoms with van der Waals surface area (Å²) in [6.45, 7) is 1.95. The van der Waals surface area contributed by atoms with Crippen LogP contribution >= 0.6 is 11.3 Å². The Morgan fingerprint density at radius 2 is 1.79 bits per heavy atom. The summed E-state index contributed by atoms with van der Waals surface area (Å²) < 4.78 is 15.9. The van der Waals surface area contributed by atoms with E-state index in [9.17, 15) is 4.79 Å². The number of anilines is 1. The van der Waals surface area contributed by atoms with E-state index in [2.05, 4.69) is 10.3 Å². The van der Waals surface area contributed by atoms with Crippen LogP contribution in [0.1, 0.15) is 11.1 Å². The summed E-state index contributed by atoms with van der Waals surface area (Å²) >= 11 is 1.37. The van der Waals surface area contributed by atoms with Gasteiger partial charge in [0.1, 0.15) is 17.2 Å². The zero-order valence-electron chi connectivity index (χ0n) is 16.2. The molecule has 146 valence electrons. The number of methoxy groups -OCH3 is 3. The van der Waals surface area contributed by atoms with E-state index >= 15 is 0 Å². The molecule has 0 bridgehead atoms. The molecule has 1 aromatic heterocycles. The van der Waals surface area contributed by atoms with Crippen LogP contribution in [-0.2, 0) is 11.2 Å². The average molecular weight is 398 g/mol. The predicted molar refractivity (Wildman–Crippen MR) is 111 cm³/mol. The Hall–Kier alpha value is -3.06. The number of amides is 1. The van der Waals surface area contributed by atoms with Crippen LogP contribution in [0.15, 0.2) is 41.8 Å². The molecule has 0 spiro atoms. The van der Waals surface area contributed by atoms with Crippen LogP contribution in [0.5, 0.6) is 17.2 Å². The molecule has 1 amide bonds. The molecule has 1 N–H and O–H groups in total. The second-order valence-corrected chi connectivity index (χ2v) is 6.99. The average Bonchev–Trinajstić information content (AvgIpc) is 3.15. The van der Waals surface area contributed by atoms with Gasteiger partial charge in [-0.3, -0.25) is 4.79 Å². The quantitative estimate of drug-likeness (QED) is 0.642. The summed E-state index contributed by atoms with van der Waals surface area (Å²) in [4.78, 5) is 16.9. The molecule has 0 aliphatic rings. The van der Waals surface area contributed by atoms with E-state index < -0.39 is 0 Å². The minimum Gasteiger partial charge on any atom is -0.497 e. The zero-order valence-corrected chi connectivity index (χ0v) is 17.1. The fraction of sp³-hybridized carbons (Fsp3) is 0.238. The predicted octanol–water partition coefficient (Wildman–Crippen LogP) is 4.33. The molecule has 2 aromatic carbocycles. The van der Waals surface area contributed by atoms with Crippen molar-refractivity contribution in [3.63, 3.8) is 0 Å². The minimum absolute atomic E-state index is 0.122. The topological polar surface area (TPSA) is 69.7 Å². The van der Waals surface area contributed by atoms with Gasteiger partial charge in [-0.15, -0.1) is 11.3 Å². The number of carbonyl (C=O) groups is 1. The molecular weight excluding hydrogens is 376 g/mol. The van der Waals surface area contributed by atoms with Crippen molar-refractivity contribution in [2.45, 2.75) is 13.3 Å². The number of thiazole rings is 1. The van der Waals surface area contributed by atoms with Crippen molar-refractivity contribution in [2.75, 3.05) is 26.6 Å². The van der Waals surface area contributed by atoms with Crippen molar-refractivity contribution in [2.24, 2.45) is 0 Å². The largest absolute Gasteiger partial charge is 0.497 e. The molecule has 7 heteroatoms. The maximum absolute atomic E-state index is 12.4. The maximum atomic E-state index is 12.4. The van der Waals surface area contributed by atoms with Crippen LogP contribution in [-0.4, -0.2) is 32.2 Å². The fourth-order valence-corrected chi connectivity index (χ4v) is 3.60. The fourth-order valence-electron chi connectivity index (χ4n) is 2.87. The van der Waals surface area contributed by atoms with Gasteiger partial charge in [0.15, 0.2) is 5.13 Å². The summed E-state index contributed by atoms with van der Waals surface area (Å²) in [5, 5.41) is 5.28. The molecule has 1 heterocycles. The number of nitrogens with zero attached hydrogens (tertiary/aromatic N) is 1. The Bertz CT molecular complexity index is 984. The van der Waals surface area contributed by atoms with Crippen LogP contribution in [0, 0.1) is 6.92 Å². The van der Waals surface area contributed by atoms with E-state index in [1.54, 1.807) is 21.3 Å². The van der Waals surface area contributed by atoms with E-state index in [4.69, 9.17) is 14.2 Å².